The van der Waals surface area contributed by atoms with E-state index in [0.29, 0.717) is 19.8 Å². The van der Waals surface area contributed by atoms with Crippen LogP contribution in [0.15, 0.2) is 23.0 Å². The topological polar surface area (TPSA) is 60.9 Å². The van der Waals surface area contributed by atoms with Crippen molar-refractivity contribution in [1.29, 1.82) is 0 Å². The second-order valence-electron chi connectivity index (χ2n) is 3.83. The summed E-state index contributed by atoms with van der Waals surface area (Å²) in [5.74, 6) is 0. The van der Waals surface area contributed by atoms with Gasteiger partial charge in [0.2, 0.25) is 0 Å². The van der Waals surface area contributed by atoms with E-state index in [-0.39, 0.29) is 6.04 Å². The van der Waals surface area contributed by atoms with Crippen molar-refractivity contribution in [2.75, 3.05) is 47.1 Å². The van der Waals surface area contributed by atoms with Crippen LogP contribution >= 0.6 is 0 Å². The fourth-order valence-electron chi connectivity index (χ4n) is 1.80. The summed E-state index contributed by atoms with van der Waals surface area (Å²) in [4.78, 5) is 2.25. The van der Waals surface area contributed by atoms with Crippen molar-refractivity contribution in [1.82, 2.24) is 4.90 Å². The SMILES string of the molecule is COCCN(CCOC)C(CN)c1ccoc1. The van der Waals surface area contributed by atoms with Gasteiger partial charge in [0.15, 0.2) is 0 Å². The molecule has 1 atom stereocenters. The Morgan fingerprint density at radius 2 is 1.94 bits per heavy atom. The molecule has 0 fully saturated rings. The zero-order valence-electron chi connectivity index (χ0n) is 10.6. The molecule has 5 nitrogen and oxygen atoms in total. The lowest BCUT2D eigenvalue weighted by molar-refractivity contribution is 0.0889. The van der Waals surface area contributed by atoms with Crippen LogP contribution in [0.25, 0.3) is 0 Å². The van der Waals surface area contributed by atoms with Crippen molar-refractivity contribution in [2.45, 2.75) is 6.04 Å². The van der Waals surface area contributed by atoms with Gasteiger partial charge in [0.25, 0.3) is 0 Å². The zero-order chi connectivity index (χ0) is 12.5. The van der Waals surface area contributed by atoms with Crippen LogP contribution in [0.2, 0.25) is 0 Å². The van der Waals surface area contributed by atoms with E-state index < -0.39 is 0 Å². The Bertz CT molecular complexity index is 269. The van der Waals surface area contributed by atoms with Crippen molar-refractivity contribution in [2.24, 2.45) is 5.73 Å². The Labute approximate surface area is 102 Å². The van der Waals surface area contributed by atoms with Gasteiger partial charge in [-0.2, -0.15) is 0 Å². The van der Waals surface area contributed by atoms with E-state index in [1.165, 1.54) is 0 Å². The van der Waals surface area contributed by atoms with Gasteiger partial charge in [0, 0.05) is 39.4 Å². The first kappa shape index (κ1) is 14.2. The highest BCUT2D eigenvalue weighted by molar-refractivity contribution is 5.12. The Balaban J connectivity index is 2.63. The third-order valence-corrected chi connectivity index (χ3v) is 2.76. The van der Waals surface area contributed by atoms with Gasteiger partial charge in [-0.05, 0) is 6.07 Å². The molecule has 98 valence electrons. The molecule has 0 radical (unpaired) electrons. The van der Waals surface area contributed by atoms with Gasteiger partial charge in [0.1, 0.15) is 0 Å². The summed E-state index contributed by atoms with van der Waals surface area (Å²) < 4.78 is 15.3. The minimum atomic E-state index is 0.152. The summed E-state index contributed by atoms with van der Waals surface area (Å²) in [7, 11) is 3.40. The molecule has 0 saturated carbocycles. The number of nitrogens with zero attached hydrogens (tertiary/aromatic N) is 1. The normalized spacial score (nSPS) is 13.2. The van der Waals surface area contributed by atoms with E-state index in [9.17, 15) is 0 Å². The second kappa shape index (κ2) is 8.25. The van der Waals surface area contributed by atoms with Crippen molar-refractivity contribution in [3.63, 3.8) is 0 Å². The quantitative estimate of drug-likeness (QED) is 0.696. The predicted molar refractivity (Wildman–Crippen MR) is 65.8 cm³/mol. The highest BCUT2D eigenvalue weighted by atomic mass is 16.5. The third kappa shape index (κ3) is 4.47. The van der Waals surface area contributed by atoms with Gasteiger partial charge in [-0.3, -0.25) is 4.90 Å². The molecule has 0 aliphatic rings. The Morgan fingerprint density at radius 1 is 1.29 bits per heavy atom. The number of hydrogen-bond donors (Lipinski definition) is 1. The molecule has 1 aromatic heterocycles. The van der Waals surface area contributed by atoms with Crippen LogP contribution < -0.4 is 5.73 Å². The van der Waals surface area contributed by atoms with Gasteiger partial charge in [0.05, 0.1) is 31.8 Å². The van der Waals surface area contributed by atoms with Crippen molar-refractivity contribution in [3.8, 4) is 0 Å². The van der Waals surface area contributed by atoms with Crippen molar-refractivity contribution in [3.05, 3.63) is 24.2 Å². The van der Waals surface area contributed by atoms with Crippen LogP contribution in [0.3, 0.4) is 0 Å². The van der Waals surface area contributed by atoms with E-state index >= 15 is 0 Å². The molecule has 1 rings (SSSR count). The number of hydrogen-bond acceptors (Lipinski definition) is 5. The van der Waals surface area contributed by atoms with Crippen molar-refractivity contribution < 1.29 is 13.9 Å². The zero-order valence-corrected chi connectivity index (χ0v) is 10.6. The molecule has 5 heteroatoms. The summed E-state index contributed by atoms with van der Waals surface area (Å²) >= 11 is 0. The minimum Gasteiger partial charge on any atom is -0.472 e. The van der Waals surface area contributed by atoms with Crippen LogP contribution in [0.5, 0.6) is 0 Å². The average molecular weight is 242 g/mol. The van der Waals surface area contributed by atoms with Crippen LogP contribution in [0.4, 0.5) is 0 Å². The first-order valence-electron chi connectivity index (χ1n) is 5.77. The Morgan fingerprint density at radius 3 is 2.35 bits per heavy atom. The number of nitrogens with two attached hydrogens (primary N) is 1. The third-order valence-electron chi connectivity index (χ3n) is 2.76. The van der Waals surface area contributed by atoms with Gasteiger partial charge in [-0.15, -0.1) is 0 Å². The van der Waals surface area contributed by atoms with Gasteiger partial charge < -0.3 is 19.6 Å². The summed E-state index contributed by atoms with van der Waals surface area (Å²) in [5, 5.41) is 0. The molecule has 1 heterocycles. The average Bonchev–Trinajstić information content (AvgIpc) is 2.86. The van der Waals surface area contributed by atoms with E-state index in [2.05, 4.69) is 4.90 Å². The smallest absolute Gasteiger partial charge is 0.0950 e. The molecule has 2 N–H and O–H groups in total. The van der Waals surface area contributed by atoms with Crippen molar-refractivity contribution >= 4 is 0 Å². The molecule has 0 saturated heterocycles. The lowest BCUT2D eigenvalue weighted by atomic mass is 10.1. The molecule has 17 heavy (non-hydrogen) atoms. The fraction of sp³-hybridized carbons (Fsp3) is 0.667. The molecule has 0 aliphatic carbocycles. The Hall–Kier alpha value is -0.880. The number of rotatable bonds is 9. The lowest BCUT2D eigenvalue weighted by Crippen LogP contribution is -2.38. The number of ether oxygens (including phenoxy) is 2. The van der Waals surface area contributed by atoms with Gasteiger partial charge >= 0.3 is 0 Å². The summed E-state index contributed by atoms with van der Waals surface area (Å²) in [6, 6.07) is 2.10. The summed E-state index contributed by atoms with van der Waals surface area (Å²) in [5.41, 5.74) is 6.94. The Kier molecular flexibility index (Phi) is 6.88. The van der Waals surface area contributed by atoms with Crippen LogP contribution in [0.1, 0.15) is 11.6 Å². The molecule has 0 aromatic carbocycles. The molecule has 0 aliphatic heterocycles. The summed E-state index contributed by atoms with van der Waals surface area (Å²) in [6.45, 7) is 3.56. The largest absolute Gasteiger partial charge is 0.472 e. The van der Waals surface area contributed by atoms with E-state index in [1.54, 1.807) is 26.7 Å². The fourth-order valence-corrected chi connectivity index (χ4v) is 1.80. The molecular weight excluding hydrogens is 220 g/mol. The highest BCUT2D eigenvalue weighted by Gasteiger charge is 2.19. The van der Waals surface area contributed by atoms with E-state index in [1.807, 2.05) is 6.07 Å². The molecule has 1 unspecified atom stereocenters. The summed E-state index contributed by atoms with van der Waals surface area (Å²) in [6.07, 6.45) is 3.41. The van der Waals surface area contributed by atoms with E-state index in [4.69, 9.17) is 19.6 Å². The first-order valence-corrected chi connectivity index (χ1v) is 5.77. The lowest BCUT2D eigenvalue weighted by Gasteiger charge is -2.29. The van der Waals surface area contributed by atoms with Crippen LogP contribution in [-0.2, 0) is 9.47 Å². The monoisotopic (exact) mass is 242 g/mol. The molecule has 0 spiro atoms. The number of furan rings is 1. The number of methoxy groups -OCH3 is 2. The van der Waals surface area contributed by atoms with E-state index in [0.717, 1.165) is 18.7 Å². The molecule has 0 bridgehead atoms. The molecular formula is C12H22N2O3. The molecule has 0 amide bonds. The highest BCUT2D eigenvalue weighted by Crippen LogP contribution is 2.19. The van der Waals surface area contributed by atoms with Crippen LogP contribution in [0, 0.1) is 0 Å². The van der Waals surface area contributed by atoms with Gasteiger partial charge in [-0.1, -0.05) is 0 Å². The predicted octanol–water partition coefficient (Wildman–Crippen LogP) is 0.874. The maximum absolute atomic E-state index is 5.84. The standard InChI is InChI=1S/C12H22N2O3/c1-15-7-4-14(5-8-16-2)12(9-13)11-3-6-17-10-11/h3,6,10,12H,4-5,7-9,13H2,1-2H3. The molecule has 1 aromatic rings. The maximum Gasteiger partial charge on any atom is 0.0950 e. The van der Waals surface area contributed by atoms with Gasteiger partial charge in [-0.25, -0.2) is 0 Å². The first-order chi connectivity index (χ1) is 8.33. The van der Waals surface area contributed by atoms with Crippen LogP contribution in [-0.4, -0.2) is 52.0 Å². The maximum atomic E-state index is 5.84. The second-order valence-corrected chi connectivity index (χ2v) is 3.83. The minimum absolute atomic E-state index is 0.152.